The number of hydrogen-bond donors (Lipinski definition) is 0. The number of anilines is 3. The van der Waals surface area contributed by atoms with Gasteiger partial charge >= 0.3 is 0 Å². The highest BCUT2D eigenvalue weighted by molar-refractivity contribution is 6.04. The van der Waals surface area contributed by atoms with Gasteiger partial charge in [-0.05, 0) is 110 Å². The Morgan fingerprint density at radius 2 is 0.852 bits per heavy atom. The van der Waals surface area contributed by atoms with Crippen LogP contribution < -0.4 is 4.90 Å². The molecule has 9 aromatic carbocycles. The van der Waals surface area contributed by atoms with Gasteiger partial charge in [0.05, 0.1) is 16.7 Å². The van der Waals surface area contributed by atoms with Crippen LogP contribution in [0, 0.1) is 0 Å². The van der Waals surface area contributed by atoms with Crippen molar-refractivity contribution >= 4 is 28.1 Å². The van der Waals surface area contributed by atoms with Crippen molar-refractivity contribution in [3.63, 3.8) is 0 Å². The van der Waals surface area contributed by atoms with Gasteiger partial charge in [0.2, 0.25) is 0 Å². The topological polar surface area (TPSA) is 21.1 Å². The van der Waals surface area contributed by atoms with Crippen LogP contribution in [-0.2, 0) is 5.41 Å². The maximum atomic E-state index is 5.40. The Hall–Kier alpha value is -7.75. The summed E-state index contributed by atoms with van der Waals surface area (Å²) in [7, 11) is 0. The van der Waals surface area contributed by atoms with Crippen molar-refractivity contribution < 1.29 is 0 Å². The molecule has 3 heteroatoms. The Labute approximate surface area is 356 Å². The lowest BCUT2D eigenvalue weighted by Crippen LogP contribution is -2.17. The number of para-hydroxylation sites is 2. The normalized spacial score (nSPS) is 12.9. The first-order chi connectivity index (χ1) is 30.0. The number of hydrogen-bond acceptors (Lipinski definition) is 2. The zero-order valence-corrected chi connectivity index (χ0v) is 34.0. The van der Waals surface area contributed by atoms with Gasteiger partial charge in [-0.1, -0.05) is 172 Å². The Kier molecular flexibility index (Phi) is 7.88. The second-order valence-electron chi connectivity index (χ2n) is 16.8. The molecule has 0 atom stereocenters. The van der Waals surface area contributed by atoms with Crippen LogP contribution in [0.5, 0.6) is 0 Å². The smallest absolute Gasteiger partial charge is 0.145 e. The van der Waals surface area contributed by atoms with Crippen LogP contribution in [-0.4, -0.2) is 9.55 Å². The van der Waals surface area contributed by atoms with E-state index in [4.69, 9.17) is 4.98 Å². The van der Waals surface area contributed by atoms with Crippen molar-refractivity contribution in [2.75, 3.05) is 4.90 Å². The molecule has 0 fully saturated rings. The quantitative estimate of drug-likeness (QED) is 0.168. The molecule has 2 heterocycles. The zero-order valence-electron chi connectivity index (χ0n) is 34.0. The molecule has 288 valence electrons. The van der Waals surface area contributed by atoms with E-state index in [1.807, 2.05) is 0 Å². The van der Waals surface area contributed by atoms with Crippen molar-refractivity contribution in [3.05, 3.63) is 223 Å². The highest BCUT2D eigenvalue weighted by atomic mass is 15.1. The molecule has 12 rings (SSSR count). The van der Waals surface area contributed by atoms with Crippen LogP contribution >= 0.6 is 0 Å². The molecule has 0 amide bonds. The Morgan fingerprint density at radius 3 is 1.49 bits per heavy atom. The lowest BCUT2D eigenvalue weighted by Gasteiger charge is -2.28. The van der Waals surface area contributed by atoms with Gasteiger partial charge < -0.3 is 4.90 Å². The fourth-order valence-corrected chi connectivity index (χ4v) is 9.94. The molecule has 3 nitrogen and oxygen atoms in total. The molecule has 1 aromatic heterocycles. The van der Waals surface area contributed by atoms with Gasteiger partial charge in [-0.3, -0.25) is 4.57 Å². The number of nitrogens with zero attached hydrogens (tertiary/aromatic N) is 3. The van der Waals surface area contributed by atoms with Crippen molar-refractivity contribution in [3.8, 4) is 72.7 Å². The summed E-state index contributed by atoms with van der Waals surface area (Å²) >= 11 is 0. The van der Waals surface area contributed by atoms with Crippen LogP contribution in [0.3, 0.4) is 0 Å². The van der Waals surface area contributed by atoms with E-state index in [1.54, 1.807) is 0 Å². The average Bonchev–Trinajstić information content (AvgIpc) is 3.77. The number of benzene rings is 9. The van der Waals surface area contributed by atoms with E-state index >= 15 is 0 Å². The monoisotopic (exact) mass is 779 g/mol. The predicted octanol–water partition coefficient (Wildman–Crippen LogP) is 15.4. The Balaban J connectivity index is 0.971. The second kappa shape index (κ2) is 13.7. The van der Waals surface area contributed by atoms with Crippen LogP contribution in [0.1, 0.15) is 25.0 Å². The average molecular weight is 780 g/mol. The fraction of sp³-hybridized carbons (Fsp3) is 0.0517. The van der Waals surface area contributed by atoms with E-state index in [2.05, 4.69) is 236 Å². The third-order valence-electron chi connectivity index (χ3n) is 13.0. The van der Waals surface area contributed by atoms with E-state index in [0.29, 0.717) is 0 Å². The first-order valence-corrected chi connectivity index (χ1v) is 21.1. The van der Waals surface area contributed by atoms with E-state index in [0.717, 1.165) is 45.2 Å². The summed E-state index contributed by atoms with van der Waals surface area (Å²) in [4.78, 5) is 7.80. The molecule has 0 spiro atoms. The van der Waals surface area contributed by atoms with Gasteiger partial charge in [0.25, 0.3) is 0 Å². The van der Waals surface area contributed by atoms with Crippen molar-refractivity contribution in [1.82, 2.24) is 9.55 Å². The minimum absolute atomic E-state index is 0.263. The molecule has 0 unspecified atom stereocenters. The van der Waals surface area contributed by atoms with Gasteiger partial charge in [0.15, 0.2) is 0 Å². The van der Waals surface area contributed by atoms with Crippen LogP contribution in [0.15, 0.2) is 212 Å². The molecule has 0 radical (unpaired) electrons. The lowest BCUT2D eigenvalue weighted by molar-refractivity contribution is 0.660. The number of rotatable bonds is 6. The van der Waals surface area contributed by atoms with Gasteiger partial charge in [-0.2, -0.15) is 0 Å². The summed E-state index contributed by atoms with van der Waals surface area (Å²) in [6.07, 6.45) is 0. The first-order valence-electron chi connectivity index (χ1n) is 21.1. The molecule has 2 aliphatic rings. The van der Waals surface area contributed by atoms with Crippen molar-refractivity contribution in [2.45, 2.75) is 19.3 Å². The molecule has 1 aliphatic heterocycles. The Bertz CT molecular complexity index is 3220. The summed E-state index contributed by atoms with van der Waals surface area (Å²) in [6.45, 7) is 4.75. The molecule has 1 aliphatic carbocycles. The van der Waals surface area contributed by atoms with Crippen LogP contribution in [0.25, 0.3) is 83.7 Å². The van der Waals surface area contributed by atoms with Gasteiger partial charge in [0.1, 0.15) is 5.82 Å². The van der Waals surface area contributed by atoms with Crippen molar-refractivity contribution in [1.29, 1.82) is 0 Å². The van der Waals surface area contributed by atoms with Gasteiger partial charge in [0, 0.05) is 39.2 Å². The first kappa shape index (κ1) is 35.2. The second-order valence-corrected chi connectivity index (χ2v) is 16.8. The minimum atomic E-state index is -0.263. The summed E-state index contributed by atoms with van der Waals surface area (Å²) in [5.41, 5.74) is 22.4. The summed E-state index contributed by atoms with van der Waals surface area (Å²) in [5.74, 6) is 0.960. The molecular formula is C58H41N3. The highest BCUT2D eigenvalue weighted by Crippen LogP contribution is 2.52. The summed E-state index contributed by atoms with van der Waals surface area (Å²) < 4.78 is 2.40. The molecule has 0 bridgehead atoms. The standard InChI is InChI=1S/C58H41N3/c1-58(2)52-36-42(57-59-54-22-13-21-51-47-19-10-9-18-46(47)50-20-11-12-23-55(50)61(57)56(51)54)28-34-48(52)49-35-33-45(37-53(49)58)60(43-29-24-40(25-30-43)38-14-5-3-6-15-38)44-31-26-41(27-32-44)39-16-7-4-8-17-39/h3-37H,1-2H3. The molecule has 61 heavy (non-hydrogen) atoms. The summed E-state index contributed by atoms with van der Waals surface area (Å²) in [5, 5.41) is 0. The highest BCUT2D eigenvalue weighted by Gasteiger charge is 2.37. The third-order valence-corrected chi connectivity index (χ3v) is 13.0. The number of aromatic nitrogens is 2. The SMILES string of the molecule is CC1(C)c2cc(-c3nc4cccc5c4n3-c3ccccc3-c3ccccc3-5)ccc2-c2ccc(N(c3ccc(-c4ccccc4)cc3)c3ccc(-c4ccccc4)cc3)cc21. The Morgan fingerprint density at radius 1 is 0.377 bits per heavy atom. The zero-order chi connectivity index (χ0) is 40.7. The molecule has 0 saturated heterocycles. The molecule has 10 aromatic rings. The van der Waals surface area contributed by atoms with E-state index < -0.39 is 0 Å². The summed E-state index contributed by atoms with van der Waals surface area (Å²) in [6, 6.07) is 77.3. The van der Waals surface area contributed by atoms with Crippen LogP contribution in [0.2, 0.25) is 0 Å². The number of imidazole rings is 1. The largest absolute Gasteiger partial charge is 0.310 e. The molecule has 0 N–H and O–H groups in total. The molecular weight excluding hydrogens is 739 g/mol. The maximum absolute atomic E-state index is 5.40. The fourth-order valence-electron chi connectivity index (χ4n) is 9.94. The lowest BCUT2D eigenvalue weighted by atomic mass is 9.81. The van der Waals surface area contributed by atoms with Crippen molar-refractivity contribution in [2.24, 2.45) is 0 Å². The van der Waals surface area contributed by atoms with E-state index in [9.17, 15) is 0 Å². The van der Waals surface area contributed by atoms with Gasteiger partial charge in [-0.25, -0.2) is 4.98 Å². The van der Waals surface area contributed by atoms with Gasteiger partial charge in [-0.15, -0.1) is 0 Å². The molecule has 0 saturated carbocycles. The minimum Gasteiger partial charge on any atom is -0.310 e. The third kappa shape index (κ3) is 5.55. The maximum Gasteiger partial charge on any atom is 0.145 e. The van der Waals surface area contributed by atoms with E-state index in [1.165, 1.54) is 66.8 Å². The number of fused-ring (bicyclic) bond motifs is 8. The van der Waals surface area contributed by atoms with E-state index in [-0.39, 0.29) is 5.41 Å². The van der Waals surface area contributed by atoms with Crippen LogP contribution in [0.4, 0.5) is 17.1 Å². The predicted molar refractivity (Wildman–Crippen MR) is 254 cm³/mol.